The number of ketones is 1. The lowest BCUT2D eigenvalue weighted by Gasteiger charge is -2.69. The van der Waals surface area contributed by atoms with Crippen molar-refractivity contribution in [2.45, 2.75) is 57.3 Å². The van der Waals surface area contributed by atoms with Crippen molar-refractivity contribution in [3.05, 3.63) is 12.2 Å². The van der Waals surface area contributed by atoms with E-state index in [0.717, 1.165) is 32.3 Å². The lowest BCUT2D eigenvalue weighted by atomic mass is 9.38. The van der Waals surface area contributed by atoms with Crippen LogP contribution in [0.25, 0.3) is 0 Å². The van der Waals surface area contributed by atoms with Gasteiger partial charge in [-0.3, -0.25) is 4.79 Å². The SMILES string of the molecule is C=C1C(=O)C23C(OC)CC4C5(C)CCCC4(COC5)C2C(O)CC1C3O. The summed E-state index contributed by atoms with van der Waals surface area (Å²) in [5.41, 5.74) is -0.795. The fraction of sp³-hybridized carbons (Fsp3) is 0.857. The molecule has 5 rings (SSSR count). The van der Waals surface area contributed by atoms with Crippen molar-refractivity contribution in [1.82, 2.24) is 0 Å². The van der Waals surface area contributed by atoms with Crippen LogP contribution in [0, 0.1) is 34.0 Å². The summed E-state index contributed by atoms with van der Waals surface area (Å²) in [5.74, 6) is -0.400. The quantitative estimate of drug-likeness (QED) is 0.695. The van der Waals surface area contributed by atoms with E-state index in [1.807, 2.05) is 0 Å². The summed E-state index contributed by atoms with van der Waals surface area (Å²) in [5, 5.41) is 22.6. The van der Waals surface area contributed by atoms with Crippen LogP contribution in [-0.2, 0) is 14.3 Å². The van der Waals surface area contributed by atoms with Gasteiger partial charge in [0.2, 0.25) is 0 Å². The highest BCUT2D eigenvalue weighted by Crippen LogP contribution is 2.72. The molecule has 144 valence electrons. The Morgan fingerprint density at radius 1 is 1.23 bits per heavy atom. The summed E-state index contributed by atoms with van der Waals surface area (Å²) in [4.78, 5) is 13.5. The molecule has 0 aromatic carbocycles. The van der Waals surface area contributed by atoms with Gasteiger partial charge in [-0.1, -0.05) is 19.9 Å². The number of Topliss-reactive ketones (excluding diaryl/α,β-unsaturated/α-hetero) is 1. The Hall–Kier alpha value is -0.750. The van der Waals surface area contributed by atoms with E-state index in [9.17, 15) is 15.0 Å². The van der Waals surface area contributed by atoms with E-state index in [1.165, 1.54) is 0 Å². The van der Waals surface area contributed by atoms with Crippen LogP contribution in [0.4, 0.5) is 0 Å². The highest BCUT2D eigenvalue weighted by atomic mass is 16.5. The van der Waals surface area contributed by atoms with Crippen molar-refractivity contribution in [3.63, 3.8) is 0 Å². The van der Waals surface area contributed by atoms with Gasteiger partial charge in [-0.15, -0.1) is 0 Å². The molecular formula is C21H30O5. The Kier molecular flexibility index (Phi) is 3.47. The molecule has 4 bridgehead atoms. The number of carbonyl (C=O) groups excluding carboxylic acids is 1. The van der Waals surface area contributed by atoms with Gasteiger partial charge < -0.3 is 19.7 Å². The Morgan fingerprint density at radius 3 is 2.73 bits per heavy atom. The van der Waals surface area contributed by atoms with E-state index in [0.29, 0.717) is 24.5 Å². The van der Waals surface area contributed by atoms with Crippen molar-refractivity contribution in [2.75, 3.05) is 20.3 Å². The third-order valence-corrected chi connectivity index (χ3v) is 9.01. The molecule has 0 aromatic heterocycles. The summed E-state index contributed by atoms with van der Waals surface area (Å²) in [6.07, 6.45) is 2.49. The van der Waals surface area contributed by atoms with Crippen LogP contribution in [0.2, 0.25) is 0 Å². The van der Waals surface area contributed by atoms with E-state index in [-0.39, 0.29) is 34.6 Å². The van der Waals surface area contributed by atoms with Gasteiger partial charge in [0.05, 0.1) is 36.9 Å². The largest absolute Gasteiger partial charge is 0.393 e. The zero-order valence-corrected chi connectivity index (χ0v) is 15.7. The predicted octanol–water partition coefficient (Wildman–Crippen LogP) is 1.71. The maximum absolute atomic E-state index is 13.5. The van der Waals surface area contributed by atoms with Crippen molar-refractivity contribution in [1.29, 1.82) is 0 Å². The topological polar surface area (TPSA) is 76.0 Å². The van der Waals surface area contributed by atoms with Gasteiger partial charge in [0.25, 0.3) is 0 Å². The van der Waals surface area contributed by atoms with Gasteiger partial charge in [0.1, 0.15) is 0 Å². The second kappa shape index (κ2) is 5.19. The smallest absolute Gasteiger partial charge is 0.170 e. The average Bonchev–Trinajstić information content (AvgIpc) is 2.71. The number of aliphatic hydroxyl groups is 2. The average molecular weight is 362 g/mol. The summed E-state index contributed by atoms with van der Waals surface area (Å²) in [6, 6.07) is 0. The fourth-order valence-electron chi connectivity index (χ4n) is 8.18. The Bertz CT molecular complexity index is 661. The molecule has 0 radical (unpaired) electrons. The number of ether oxygens (including phenoxy) is 2. The molecule has 5 nitrogen and oxygen atoms in total. The lowest BCUT2D eigenvalue weighted by molar-refractivity contribution is -0.297. The molecule has 5 aliphatic rings. The molecule has 9 atom stereocenters. The normalized spacial score (nSPS) is 58.3. The summed E-state index contributed by atoms with van der Waals surface area (Å²) < 4.78 is 12.0. The van der Waals surface area contributed by atoms with Crippen molar-refractivity contribution < 1.29 is 24.5 Å². The van der Waals surface area contributed by atoms with Gasteiger partial charge in [-0.25, -0.2) is 0 Å². The third kappa shape index (κ3) is 1.66. The molecule has 2 N–H and O–H groups in total. The molecule has 0 amide bonds. The summed E-state index contributed by atoms with van der Waals surface area (Å²) in [6.45, 7) is 7.60. The zero-order chi connectivity index (χ0) is 18.5. The molecule has 1 aliphatic heterocycles. The highest BCUT2D eigenvalue weighted by molar-refractivity contribution is 6.04. The maximum atomic E-state index is 13.5. The van der Waals surface area contributed by atoms with Crippen LogP contribution >= 0.6 is 0 Å². The third-order valence-electron chi connectivity index (χ3n) is 9.01. The van der Waals surface area contributed by atoms with Crippen molar-refractivity contribution in [3.8, 4) is 0 Å². The number of rotatable bonds is 1. The minimum absolute atomic E-state index is 0.0507. The van der Waals surface area contributed by atoms with E-state index < -0.39 is 17.6 Å². The summed E-state index contributed by atoms with van der Waals surface area (Å²) in [7, 11) is 1.64. The molecule has 4 saturated carbocycles. The number of methoxy groups -OCH3 is 1. The zero-order valence-electron chi connectivity index (χ0n) is 15.7. The van der Waals surface area contributed by atoms with Gasteiger partial charge in [-0.2, -0.15) is 0 Å². The fourth-order valence-corrected chi connectivity index (χ4v) is 8.18. The predicted molar refractivity (Wildman–Crippen MR) is 94.3 cm³/mol. The van der Waals surface area contributed by atoms with Crippen molar-refractivity contribution >= 4 is 5.78 Å². The Labute approximate surface area is 154 Å². The van der Waals surface area contributed by atoms with Crippen LogP contribution < -0.4 is 0 Å². The first-order valence-electron chi connectivity index (χ1n) is 10.0. The Balaban J connectivity index is 1.75. The highest BCUT2D eigenvalue weighted by Gasteiger charge is 2.78. The van der Waals surface area contributed by atoms with Crippen LogP contribution in [0.5, 0.6) is 0 Å². The Morgan fingerprint density at radius 2 is 2.00 bits per heavy atom. The molecular weight excluding hydrogens is 332 g/mol. The molecule has 26 heavy (non-hydrogen) atoms. The standard InChI is InChI=1S/C21H30O5/c1-11-12-7-13(22)16-20-6-4-5-19(2,9-26-10-20)14(20)8-15(25-3)21(16,17(11)23)18(12)24/h12-16,18,22,24H,1,4-10H2,2-3H3. The number of fused-ring (bicyclic) bond motifs is 1. The number of carbonyl (C=O) groups is 1. The second-order valence-electron chi connectivity index (χ2n) is 9.87. The molecule has 9 unspecified atom stereocenters. The molecule has 5 fully saturated rings. The van der Waals surface area contributed by atoms with Gasteiger partial charge in [0.15, 0.2) is 5.78 Å². The number of aliphatic hydroxyl groups excluding tert-OH is 2. The second-order valence-corrected chi connectivity index (χ2v) is 9.87. The van der Waals surface area contributed by atoms with Crippen LogP contribution in [0.15, 0.2) is 12.2 Å². The van der Waals surface area contributed by atoms with E-state index in [1.54, 1.807) is 7.11 Å². The molecule has 0 aromatic rings. The van der Waals surface area contributed by atoms with Gasteiger partial charge >= 0.3 is 0 Å². The number of hydrogen-bond acceptors (Lipinski definition) is 5. The number of hydrogen-bond donors (Lipinski definition) is 2. The maximum Gasteiger partial charge on any atom is 0.170 e. The summed E-state index contributed by atoms with van der Waals surface area (Å²) >= 11 is 0. The van der Waals surface area contributed by atoms with Crippen LogP contribution in [0.3, 0.4) is 0 Å². The first kappa shape index (κ1) is 17.4. The molecule has 4 aliphatic carbocycles. The molecule has 5 heteroatoms. The van der Waals surface area contributed by atoms with Crippen LogP contribution in [0.1, 0.15) is 39.0 Å². The monoisotopic (exact) mass is 362 g/mol. The first-order chi connectivity index (χ1) is 12.3. The van der Waals surface area contributed by atoms with Crippen molar-refractivity contribution in [2.24, 2.45) is 34.0 Å². The first-order valence-corrected chi connectivity index (χ1v) is 10.0. The van der Waals surface area contributed by atoms with Crippen LogP contribution in [-0.4, -0.2) is 54.6 Å². The molecule has 1 saturated heterocycles. The van der Waals surface area contributed by atoms with E-state index in [4.69, 9.17) is 9.47 Å². The minimum Gasteiger partial charge on any atom is -0.393 e. The molecule has 1 spiro atoms. The lowest BCUT2D eigenvalue weighted by Crippen LogP contribution is -2.73. The molecule has 1 heterocycles. The van der Waals surface area contributed by atoms with Gasteiger partial charge in [-0.05, 0) is 42.6 Å². The van der Waals surface area contributed by atoms with E-state index in [2.05, 4.69) is 13.5 Å². The van der Waals surface area contributed by atoms with E-state index >= 15 is 0 Å². The van der Waals surface area contributed by atoms with Gasteiger partial charge in [0, 0.05) is 24.4 Å². The minimum atomic E-state index is -1.07.